The molecule has 1 heterocycles. The van der Waals surface area contributed by atoms with Crippen LogP contribution >= 0.6 is 15.9 Å². The van der Waals surface area contributed by atoms with E-state index in [1.807, 2.05) is 0 Å². The molecule has 1 atom stereocenters. The molecule has 1 aromatic heterocycles. The molecule has 0 amide bonds. The number of aliphatic hydroxyl groups is 1. The standard InChI is InChI=1S/C8H10BrN3O3/c1-5(4-13)11-8-6(9)2-10-3-7(8)12(14)15/h2-3,5,13H,4H2,1H3,(H,10,11)/t5-/m1/s1. The van der Waals surface area contributed by atoms with Crippen molar-refractivity contribution in [2.24, 2.45) is 0 Å². The molecule has 0 radical (unpaired) electrons. The maximum atomic E-state index is 10.7. The van der Waals surface area contributed by atoms with E-state index < -0.39 is 4.92 Å². The third-order valence-corrected chi connectivity index (χ3v) is 2.34. The Kier molecular flexibility index (Phi) is 3.98. The number of aliphatic hydroxyl groups excluding tert-OH is 1. The second-order valence-electron chi connectivity index (χ2n) is 3.00. The van der Waals surface area contributed by atoms with Crippen LogP contribution in [0.3, 0.4) is 0 Å². The second-order valence-corrected chi connectivity index (χ2v) is 3.85. The maximum Gasteiger partial charge on any atom is 0.311 e. The fourth-order valence-corrected chi connectivity index (χ4v) is 1.43. The second kappa shape index (κ2) is 5.04. The average Bonchev–Trinajstić information content (AvgIpc) is 2.20. The zero-order valence-electron chi connectivity index (χ0n) is 7.98. The molecule has 0 unspecified atom stereocenters. The van der Waals surface area contributed by atoms with Crippen LogP contribution in [0.25, 0.3) is 0 Å². The quantitative estimate of drug-likeness (QED) is 0.643. The molecule has 0 aliphatic rings. The van der Waals surface area contributed by atoms with Crippen LogP contribution in [-0.4, -0.2) is 27.7 Å². The lowest BCUT2D eigenvalue weighted by molar-refractivity contribution is -0.384. The number of hydrogen-bond donors (Lipinski definition) is 2. The first-order valence-corrected chi connectivity index (χ1v) is 5.00. The van der Waals surface area contributed by atoms with Gasteiger partial charge in [0, 0.05) is 12.2 Å². The number of hydrogen-bond acceptors (Lipinski definition) is 5. The van der Waals surface area contributed by atoms with E-state index in [2.05, 4.69) is 26.2 Å². The van der Waals surface area contributed by atoms with Crippen LogP contribution in [0.15, 0.2) is 16.9 Å². The summed E-state index contributed by atoms with van der Waals surface area (Å²) in [6.07, 6.45) is 2.62. The van der Waals surface area contributed by atoms with Crippen molar-refractivity contribution in [2.75, 3.05) is 11.9 Å². The van der Waals surface area contributed by atoms with Gasteiger partial charge in [-0.1, -0.05) is 0 Å². The van der Waals surface area contributed by atoms with Gasteiger partial charge in [-0.2, -0.15) is 0 Å². The van der Waals surface area contributed by atoms with Gasteiger partial charge >= 0.3 is 5.69 Å². The van der Waals surface area contributed by atoms with Crippen molar-refractivity contribution in [2.45, 2.75) is 13.0 Å². The van der Waals surface area contributed by atoms with E-state index in [9.17, 15) is 10.1 Å². The Balaban J connectivity index is 3.07. The van der Waals surface area contributed by atoms with Crippen molar-refractivity contribution in [1.29, 1.82) is 0 Å². The van der Waals surface area contributed by atoms with Crippen molar-refractivity contribution in [3.05, 3.63) is 27.0 Å². The van der Waals surface area contributed by atoms with E-state index >= 15 is 0 Å². The van der Waals surface area contributed by atoms with E-state index in [-0.39, 0.29) is 18.3 Å². The number of anilines is 1. The van der Waals surface area contributed by atoms with Gasteiger partial charge in [-0.05, 0) is 22.9 Å². The predicted molar refractivity (Wildman–Crippen MR) is 58.8 cm³/mol. The van der Waals surface area contributed by atoms with E-state index in [0.717, 1.165) is 6.20 Å². The first kappa shape index (κ1) is 11.9. The van der Waals surface area contributed by atoms with Gasteiger partial charge in [0.2, 0.25) is 0 Å². The average molecular weight is 276 g/mol. The number of rotatable bonds is 4. The van der Waals surface area contributed by atoms with E-state index in [1.54, 1.807) is 6.92 Å². The molecule has 82 valence electrons. The molecule has 0 aliphatic carbocycles. The molecular weight excluding hydrogens is 266 g/mol. The Hall–Kier alpha value is -1.21. The highest BCUT2D eigenvalue weighted by atomic mass is 79.9. The van der Waals surface area contributed by atoms with Crippen molar-refractivity contribution in [3.63, 3.8) is 0 Å². The third kappa shape index (κ3) is 2.87. The van der Waals surface area contributed by atoms with Gasteiger partial charge in [0.15, 0.2) is 0 Å². The summed E-state index contributed by atoms with van der Waals surface area (Å²) in [5.41, 5.74) is 0.209. The highest BCUT2D eigenvalue weighted by Gasteiger charge is 2.18. The van der Waals surface area contributed by atoms with Gasteiger partial charge in [0.25, 0.3) is 0 Å². The van der Waals surface area contributed by atoms with Crippen LogP contribution in [0.1, 0.15) is 6.92 Å². The zero-order valence-corrected chi connectivity index (χ0v) is 9.56. The Morgan fingerprint density at radius 3 is 2.93 bits per heavy atom. The first-order chi connectivity index (χ1) is 7.06. The summed E-state index contributed by atoms with van der Waals surface area (Å²) < 4.78 is 0.497. The molecule has 0 saturated carbocycles. The fourth-order valence-electron chi connectivity index (χ4n) is 0.998. The number of halogens is 1. The molecule has 0 saturated heterocycles. The molecular formula is C8H10BrN3O3. The predicted octanol–water partition coefficient (Wildman–Crippen LogP) is 1.54. The molecule has 1 aromatic rings. The summed E-state index contributed by atoms with van der Waals surface area (Å²) in [6, 6.07) is -0.262. The molecule has 0 bridgehead atoms. The van der Waals surface area contributed by atoms with E-state index in [0.29, 0.717) is 10.2 Å². The van der Waals surface area contributed by atoms with Gasteiger partial charge in [-0.3, -0.25) is 15.1 Å². The van der Waals surface area contributed by atoms with Crippen molar-refractivity contribution in [3.8, 4) is 0 Å². The van der Waals surface area contributed by atoms with Gasteiger partial charge in [0.1, 0.15) is 11.9 Å². The first-order valence-electron chi connectivity index (χ1n) is 4.21. The minimum absolute atomic E-state index is 0.105. The monoisotopic (exact) mass is 275 g/mol. The normalized spacial score (nSPS) is 12.2. The van der Waals surface area contributed by atoms with E-state index in [4.69, 9.17) is 5.11 Å². The van der Waals surface area contributed by atoms with Gasteiger partial charge in [0.05, 0.1) is 16.0 Å². The number of nitro groups is 1. The van der Waals surface area contributed by atoms with Crippen molar-refractivity contribution < 1.29 is 10.0 Å². The number of nitrogens with zero attached hydrogens (tertiary/aromatic N) is 2. The Bertz CT molecular complexity index is 372. The number of nitrogens with one attached hydrogen (secondary N) is 1. The largest absolute Gasteiger partial charge is 0.394 e. The lowest BCUT2D eigenvalue weighted by atomic mass is 10.3. The zero-order chi connectivity index (χ0) is 11.4. The molecule has 2 N–H and O–H groups in total. The molecule has 6 nitrogen and oxygen atoms in total. The Labute approximate surface area is 94.6 Å². The SMILES string of the molecule is C[C@H](CO)Nc1c(Br)cncc1[N+](=O)[O-]. The lowest BCUT2D eigenvalue weighted by Gasteiger charge is -2.13. The third-order valence-electron chi connectivity index (χ3n) is 1.74. The van der Waals surface area contributed by atoms with Gasteiger partial charge < -0.3 is 10.4 Å². The molecule has 0 aliphatic heterocycles. The highest BCUT2D eigenvalue weighted by Crippen LogP contribution is 2.31. The molecule has 0 aromatic carbocycles. The summed E-state index contributed by atoms with van der Waals surface area (Å²) >= 11 is 3.16. The maximum absolute atomic E-state index is 10.7. The molecule has 0 spiro atoms. The lowest BCUT2D eigenvalue weighted by Crippen LogP contribution is -2.20. The topological polar surface area (TPSA) is 88.3 Å². The molecule has 0 fully saturated rings. The summed E-state index contributed by atoms with van der Waals surface area (Å²) in [7, 11) is 0. The molecule has 1 rings (SSSR count). The Morgan fingerprint density at radius 1 is 1.73 bits per heavy atom. The summed E-state index contributed by atoms with van der Waals surface area (Å²) in [4.78, 5) is 13.9. The van der Waals surface area contributed by atoms with Crippen LogP contribution in [0.4, 0.5) is 11.4 Å². The van der Waals surface area contributed by atoms with Crippen molar-refractivity contribution >= 4 is 27.3 Å². The number of aromatic nitrogens is 1. The summed E-state index contributed by atoms with van der Waals surface area (Å²) in [6.45, 7) is 1.61. The summed E-state index contributed by atoms with van der Waals surface area (Å²) in [5, 5.41) is 22.4. The van der Waals surface area contributed by atoms with Crippen LogP contribution in [-0.2, 0) is 0 Å². The fraction of sp³-hybridized carbons (Fsp3) is 0.375. The van der Waals surface area contributed by atoms with Crippen LogP contribution < -0.4 is 5.32 Å². The van der Waals surface area contributed by atoms with E-state index in [1.165, 1.54) is 6.20 Å². The van der Waals surface area contributed by atoms with Crippen LogP contribution in [0, 0.1) is 10.1 Å². The highest BCUT2D eigenvalue weighted by molar-refractivity contribution is 9.10. The Morgan fingerprint density at radius 2 is 2.40 bits per heavy atom. The van der Waals surface area contributed by atoms with Gasteiger partial charge in [-0.15, -0.1) is 0 Å². The summed E-state index contributed by atoms with van der Waals surface area (Å²) in [5.74, 6) is 0. The van der Waals surface area contributed by atoms with Crippen LogP contribution in [0.2, 0.25) is 0 Å². The molecule has 15 heavy (non-hydrogen) atoms. The van der Waals surface area contributed by atoms with Gasteiger partial charge in [-0.25, -0.2) is 0 Å². The molecule has 7 heteroatoms. The van der Waals surface area contributed by atoms with Crippen molar-refractivity contribution in [1.82, 2.24) is 4.98 Å². The number of pyridine rings is 1. The minimum atomic E-state index is -0.524. The smallest absolute Gasteiger partial charge is 0.311 e. The van der Waals surface area contributed by atoms with Crippen LogP contribution in [0.5, 0.6) is 0 Å². The minimum Gasteiger partial charge on any atom is -0.394 e.